The van der Waals surface area contributed by atoms with Crippen LogP contribution in [0.2, 0.25) is 0 Å². The molecule has 0 saturated carbocycles. The van der Waals surface area contributed by atoms with Gasteiger partial charge in [-0.25, -0.2) is 4.79 Å². The molecule has 2 aliphatic heterocycles. The lowest BCUT2D eigenvalue weighted by atomic mass is 10.0. The van der Waals surface area contributed by atoms with Gasteiger partial charge in [0, 0.05) is 17.1 Å². The second-order valence-corrected chi connectivity index (χ2v) is 9.47. The summed E-state index contributed by atoms with van der Waals surface area (Å²) in [6.45, 7) is 0.0530. The fourth-order valence-electron chi connectivity index (χ4n) is 3.09. The second kappa shape index (κ2) is 8.74. The van der Waals surface area contributed by atoms with Crippen LogP contribution >= 0.6 is 35.1 Å². The van der Waals surface area contributed by atoms with E-state index >= 15 is 0 Å². The van der Waals surface area contributed by atoms with Crippen LogP contribution in [0.15, 0.2) is 45.9 Å². The molecule has 8 nitrogen and oxygen atoms in total. The minimum absolute atomic E-state index is 0.0530. The van der Waals surface area contributed by atoms with Crippen molar-refractivity contribution in [2.75, 3.05) is 18.6 Å². The highest BCUT2D eigenvalue weighted by atomic mass is 32.2. The zero-order chi connectivity index (χ0) is 20.4. The van der Waals surface area contributed by atoms with Crippen molar-refractivity contribution in [3.63, 3.8) is 0 Å². The van der Waals surface area contributed by atoms with Crippen LogP contribution in [0.1, 0.15) is 5.56 Å². The summed E-state index contributed by atoms with van der Waals surface area (Å²) < 4.78 is 15.7. The van der Waals surface area contributed by atoms with E-state index in [9.17, 15) is 9.59 Å². The first kappa shape index (κ1) is 20.2. The number of para-hydroxylation sites is 1. The third kappa shape index (κ3) is 4.00. The van der Waals surface area contributed by atoms with Crippen molar-refractivity contribution in [3.05, 3.63) is 47.3 Å². The van der Waals surface area contributed by atoms with E-state index in [4.69, 9.17) is 15.2 Å². The molecule has 29 heavy (non-hydrogen) atoms. The first-order chi connectivity index (χ1) is 14.1. The molecule has 1 amide bonds. The Morgan fingerprint density at radius 3 is 3.00 bits per heavy atom. The van der Waals surface area contributed by atoms with E-state index in [1.165, 1.54) is 28.2 Å². The molecule has 1 unspecified atom stereocenters. The second-order valence-electron chi connectivity index (χ2n) is 6.30. The molecule has 1 fully saturated rings. The molecule has 1 saturated heterocycles. The number of benzene rings is 1. The monoisotopic (exact) mass is 450 g/mol. The molecule has 0 bridgehead atoms. The van der Waals surface area contributed by atoms with Gasteiger partial charge in [0.25, 0.3) is 0 Å². The number of carbonyl (C=O) groups is 2. The van der Waals surface area contributed by atoms with Crippen molar-refractivity contribution in [2.45, 2.75) is 22.2 Å². The Bertz CT molecular complexity index is 950. The van der Waals surface area contributed by atoms with Crippen molar-refractivity contribution in [1.82, 2.24) is 14.5 Å². The first-order valence-corrected chi connectivity index (χ1v) is 11.5. The van der Waals surface area contributed by atoms with E-state index in [1.807, 2.05) is 18.2 Å². The molecule has 2 atom stereocenters. The molecule has 0 radical (unpaired) electrons. The predicted octanol–water partition coefficient (Wildman–Crippen LogP) is 1.88. The van der Waals surface area contributed by atoms with E-state index in [0.29, 0.717) is 23.0 Å². The molecule has 0 spiro atoms. The van der Waals surface area contributed by atoms with Crippen LogP contribution in [0.5, 0.6) is 5.75 Å². The van der Waals surface area contributed by atoms with Crippen molar-refractivity contribution in [1.29, 1.82) is 0 Å². The summed E-state index contributed by atoms with van der Waals surface area (Å²) >= 11 is 4.39. The number of carbonyl (C=O) groups excluding carboxylic acids is 2. The van der Waals surface area contributed by atoms with E-state index in [1.54, 1.807) is 31.1 Å². The first-order valence-electron chi connectivity index (χ1n) is 8.71. The van der Waals surface area contributed by atoms with Crippen LogP contribution < -0.4 is 10.5 Å². The molecule has 4 rings (SSSR count). The van der Waals surface area contributed by atoms with Crippen LogP contribution in [0.4, 0.5) is 0 Å². The van der Waals surface area contributed by atoms with Crippen LogP contribution in [-0.4, -0.2) is 56.4 Å². The van der Waals surface area contributed by atoms with Crippen LogP contribution in [-0.2, 0) is 20.9 Å². The lowest BCUT2D eigenvalue weighted by Gasteiger charge is -2.48. The van der Waals surface area contributed by atoms with Gasteiger partial charge in [-0.05, 0) is 23.2 Å². The Morgan fingerprint density at radius 2 is 2.24 bits per heavy atom. The van der Waals surface area contributed by atoms with Gasteiger partial charge in [-0.2, -0.15) is 0 Å². The number of fused-ring (bicyclic) bond motifs is 1. The fraction of sp³-hybridized carbons (Fsp3) is 0.333. The summed E-state index contributed by atoms with van der Waals surface area (Å²) in [5.41, 5.74) is 7.82. The largest absolute Gasteiger partial charge is 0.496 e. The quantitative estimate of drug-likeness (QED) is 0.384. The Hall–Kier alpha value is -2.08. The van der Waals surface area contributed by atoms with Gasteiger partial charge in [0.2, 0.25) is 5.91 Å². The molecule has 2 aliphatic rings. The summed E-state index contributed by atoms with van der Waals surface area (Å²) in [6, 6.07) is 6.75. The lowest BCUT2D eigenvalue weighted by molar-refractivity contribution is -0.151. The number of rotatable bonds is 7. The number of aromatic nitrogens is 2. The number of methoxy groups -OCH3 is 1. The minimum atomic E-state index is -0.586. The van der Waals surface area contributed by atoms with Gasteiger partial charge in [-0.3, -0.25) is 9.69 Å². The maximum Gasteiger partial charge on any atom is 0.355 e. The molecule has 1 aromatic carbocycles. The van der Waals surface area contributed by atoms with Gasteiger partial charge in [0.05, 0.1) is 13.3 Å². The average molecular weight is 451 g/mol. The molecule has 2 N–H and O–H groups in total. The Labute approximate surface area is 180 Å². The maximum atomic E-state index is 13.0. The zero-order valence-electron chi connectivity index (χ0n) is 15.4. The number of ether oxygens (including phenoxy) is 2. The summed E-state index contributed by atoms with van der Waals surface area (Å²) in [4.78, 5) is 26.8. The highest BCUT2D eigenvalue weighted by molar-refractivity contribution is 8.01. The number of β-lactam (4-membered cyclic amide) rings is 1. The normalized spacial score (nSPS) is 20.9. The Balaban J connectivity index is 1.54. The average Bonchev–Trinajstić information content (AvgIpc) is 3.28. The van der Waals surface area contributed by atoms with Crippen molar-refractivity contribution in [3.8, 4) is 5.75 Å². The number of nitrogens with zero attached hydrogens (tertiary/aromatic N) is 3. The van der Waals surface area contributed by atoms with Gasteiger partial charge in [-0.15, -0.1) is 28.6 Å². The van der Waals surface area contributed by atoms with E-state index in [2.05, 4.69) is 9.59 Å². The van der Waals surface area contributed by atoms with E-state index in [-0.39, 0.29) is 17.9 Å². The minimum Gasteiger partial charge on any atom is -0.496 e. The number of thioether (sulfide) groups is 2. The van der Waals surface area contributed by atoms with Gasteiger partial charge in [0.15, 0.2) is 0 Å². The number of nitrogens with two attached hydrogens (primary N) is 1. The molecule has 2 aromatic rings. The summed E-state index contributed by atoms with van der Waals surface area (Å²) in [5.74, 6) is 1.01. The van der Waals surface area contributed by atoms with Crippen molar-refractivity contribution in [2.24, 2.45) is 5.73 Å². The van der Waals surface area contributed by atoms with Gasteiger partial charge in [-0.1, -0.05) is 22.7 Å². The molecule has 0 aliphatic carbocycles. The summed E-state index contributed by atoms with van der Waals surface area (Å²) in [6.07, 6.45) is 1.68. The maximum absolute atomic E-state index is 13.0. The zero-order valence-corrected chi connectivity index (χ0v) is 17.9. The van der Waals surface area contributed by atoms with Gasteiger partial charge in [0.1, 0.15) is 33.7 Å². The highest BCUT2D eigenvalue weighted by Gasteiger charge is 2.52. The number of amides is 1. The molecule has 152 valence electrons. The number of esters is 1. The molecule has 3 heterocycles. The molecular weight excluding hydrogens is 432 g/mol. The van der Waals surface area contributed by atoms with Crippen LogP contribution in [0.25, 0.3) is 0 Å². The third-order valence-corrected chi connectivity index (χ3v) is 7.84. The molecule has 1 aromatic heterocycles. The Morgan fingerprint density at radius 1 is 1.41 bits per heavy atom. The van der Waals surface area contributed by atoms with Crippen molar-refractivity contribution >= 4 is 46.9 Å². The smallest absolute Gasteiger partial charge is 0.355 e. The Kier molecular flexibility index (Phi) is 6.09. The number of hydrogen-bond donors (Lipinski definition) is 1. The van der Waals surface area contributed by atoms with Crippen molar-refractivity contribution < 1.29 is 19.1 Å². The van der Waals surface area contributed by atoms with Crippen LogP contribution in [0, 0.1) is 0 Å². The SMILES string of the molecule is COc1ccccc1COC(=O)C1=C(CSc2cnns2)CS[C@@H]2C(N)C(=O)N12. The predicted molar refractivity (Wildman–Crippen MR) is 112 cm³/mol. The van der Waals surface area contributed by atoms with Gasteiger partial charge >= 0.3 is 5.97 Å². The standard InChI is InChI=1S/C18H18N4O4S3/c1-25-12-5-3-2-4-10(12)7-26-18(24)15-11(8-27-13-6-20-21-29-13)9-28-17-14(19)16(23)22(15)17/h2-6,14,17H,7-9,19H2,1H3/t14?,17-/m1/s1. The number of hydrogen-bond acceptors (Lipinski definition) is 10. The lowest BCUT2D eigenvalue weighted by Crippen LogP contribution is -2.68. The van der Waals surface area contributed by atoms with E-state index < -0.39 is 12.0 Å². The fourth-order valence-corrected chi connectivity index (χ4v) is 5.95. The molecule has 11 heteroatoms. The van der Waals surface area contributed by atoms with E-state index in [0.717, 1.165) is 15.3 Å². The molecular formula is C18H18N4O4S3. The van der Waals surface area contributed by atoms with Crippen LogP contribution in [0.3, 0.4) is 0 Å². The topological polar surface area (TPSA) is 108 Å². The third-order valence-electron chi connectivity index (χ3n) is 4.56. The van der Waals surface area contributed by atoms with Gasteiger partial charge < -0.3 is 15.2 Å². The summed E-state index contributed by atoms with van der Waals surface area (Å²) in [7, 11) is 1.57. The summed E-state index contributed by atoms with van der Waals surface area (Å²) in [5, 5.41) is 3.59. The highest BCUT2D eigenvalue weighted by Crippen LogP contribution is 2.41.